The van der Waals surface area contributed by atoms with Gasteiger partial charge in [-0.05, 0) is 75.3 Å². The number of amides is 2. The molecule has 0 radical (unpaired) electrons. The van der Waals surface area contributed by atoms with E-state index in [2.05, 4.69) is 10.2 Å². The van der Waals surface area contributed by atoms with Crippen LogP contribution in [0, 0.1) is 5.82 Å². The maximum Gasteiger partial charge on any atom is 0.325 e. The van der Waals surface area contributed by atoms with Crippen LogP contribution in [-0.2, 0) is 19.3 Å². The second kappa shape index (κ2) is 7.15. The topological polar surface area (TPSA) is 49.3 Å². The number of anilines is 1. The molecule has 0 saturated carbocycles. The highest BCUT2D eigenvalue weighted by molar-refractivity contribution is 5.94. The van der Waals surface area contributed by atoms with E-state index >= 15 is 0 Å². The van der Waals surface area contributed by atoms with Crippen LogP contribution in [0.3, 0.4) is 0 Å². The minimum absolute atomic E-state index is 0.138. The van der Waals surface area contributed by atoms with Crippen LogP contribution < -0.4 is 4.90 Å². The molecule has 1 aromatic carbocycles. The zero-order valence-corrected chi connectivity index (χ0v) is 16.8. The Morgan fingerprint density at radius 3 is 2.68 bits per heavy atom. The van der Waals surface area contributed by atoms with Gasteiger partial charge in [0, 0.05) is 25.0 Å². The quantitative estimate of drug-likeness (QED) is 0.802. The average molecular weight is 382 g/mol. The molecule has 148 valence electrons. The molecule has 0 unspecified atom stereocenters. The summed E-state index contributed by atoms with van der Waals surface area (Å²) >= 11 is 0. The number of hydrogen-bond acceptors (Lipinski definition) is 3. The van der Waals surface area contributed by atoms with E-state index in [4.69, 9.17) is 0 Å². The molecule has 1 aliphatic carbocycles. The van der Waals surface area contributed by atoms with E-state index in [0.29, 0.717) is 25.2 Å². The predicted octanol–water partition coefficient (Wildman–Crippen LogP) is 4.13. The van der Waals surface area contributed by atoms with E-state index in [1.807, 2.05) is 27.0 Å². The number of nitrogens with zero attached hydrogens (tertiary/aromatic N) is 4. The maximum absolute atomic E-state index is 14.6. The predicted molar refractivity (Wildman–Crippen MR) is 107 cm³/mol. The molecule has 2 aromatic rings. The van der Waals surface area contributed by atoms with Gasteiger partial charge >= 0.3 is 6.03 Å². The number of aryl methyl sites for hydroxylation is 1. The fourth-order valence-corrected chi connectivity index (χ4v) is 4.22. The van der Waals surface area contributed by atoms with Crippen LogP contribution in [-0.4, -0.2) is 39.8 Å². The molecule has 2 amide bonds. The number of carbonyl (C=O) groups is 1. The molecule has 4 rings (SSSR count). The standard InChI is InChI=1S/C22H27FN4O/c1-22(2,3)27-11-10-26(21(27)28)20-13-15(8-9-18(20)23)12-19-17-7-5-4-6-16(17)14-24-25-19/h8-9,13-14H,4-7,10-12H2,1-3H3. The smallest absolute Gasteiger partial charge is 0.318 e. The Hall–Kier alpha value is -2.50. The highest BCUT2D eigenvalue weighted by Gasteiger charge is 2.37. The fourth-order valence-electron chi connectivity index (χ4n) is 4.22. The lowest BCUT2D eigenvalue weighted by molar-refractivity contribution is 0.173. The number of halogens is 1. The minimum atomic E-state index is -0.367. The largest absolute Gasteiger partial charge is 0.325 e. The molecule has 28 heavy (non-hydrogen) atoms. The van der Waals surface area contributed by atoms with Crippen molar-refractivity contribution in [2.75, 3.05) is 18.0 Å². The molecule has 0 spiro atoms. The molecule has 1 aromatic heterocycles. The number of aromatic nitrogens is 2. The second-order valence-electron chi connectivity index (χ2n) is 8.72. The van der Waals surface area contributed by atoms with Crippen molar-refractivity contribution in [2.24, 2.45) is 0 Å². The summed E-state index contributed by atoms with van der Waals surface area (Å²) in [7, 11) is 0. The second-order valence-corrected chi connectivity index (χ2v) is 8.72. The van der Waals surface area contributed by atoms with E-state index in [0.717, 1.165) is 24.1 Å². The first-order valence-corrected chi connectivity index (χ1v) is 10.0. The molecule has 1 aliphatic heterocycles. The van der Waals surface area contributed by atoms with Crippen molar-refractivity contribution < 1.29 is 9.18 Å². The monoisotopic (exact) mass is 382 g/mol. The van der Waals surface area contributed by atoms with Crippen molar-refractivity contribution in [3.63, 3.8) is 0 Å². The van der Waals surface area contributed by atoms with Gasteiger partial charge in [0.05, 0.1) is 17.6 Å². The van der Waals surface area contributed by atoms with Crippen molar-refractivity contribution in [3.05, 3.63) is 52.6 Å². The van der Waals surface area contributed by atoms with Crippen LogP contribution in [0.5, 0.6) is 0 Å². The van der Waals surface area contributed by atoms with Gasteiger partial charge in [-0.15, -0.1) is 0 Å². The van der Waals surface area contributed by atoms with E-state index in [-0.39, 0.29) is 17.4 Å². The van der Waals surface area contributed by atoms with Gasteiger partial charge < -0.3 is 4.90 Å². The fraction of sp³-hybridized carbons (Fsp3) is 0.500. The Bertz CT molecular complexity index is 906. The van der Waals surface area contributed by atoms with Gasteiger partial charge in [-0.1, -0.05) is 6.07 Å². The van der Waals surface area contributed by atoms with Gasteiger partial charge in [-0.25, -0.2) is 9.18 Å². The zero-order valence-electron chi connectivity index (χ0n) is 16.8. The first-order valence-electron chi connectivity index (χ1n) is 10.0. The lowest BCUT2D eigenvalue weighted by Gasteiger charge is -2.31. The Kier molecular flexibility index (Phi) is 4.81. The summed E-state index contributed by atoms with van der Waals surface area (Å²) in [6.07, 6.45) is 6.93. The van der Waals surface area contributed by atoms with Crippen LogP contribution >= 0.6 is 0 Å². The number of rotatable bonds is 3. The van der Waals surface area contributed by atoms with Crippen LogP contribution in [0.25, 0.3) is 0 Å². The molecular weight excluding hydrogens is 355 g/mol. The summed E-state index contributed by atoms with van der Waals surface area (Å²) in [6, 6.07) is 4.90. The van der Waals surface area contributed by atoms with Gasteiger partial charge in [0.1, 0.15) is 5.82 Å². The third kappa shape index (κ3) is 3.48. The third-order valence-corrected chi connectivity index (χ3v) is 5.74. The van der Waals surface area contributed by atoms with Gasteiger partial charge in [0.25, 0.3) is 0 Å². The van der Waals surface area contributed by atoms with Gasteiger partial charge in [-0.2, -0.15) is 10.2 Å². The van der Waals surface area contributed by atoms with Gasteiger partial charge in [0.15, 0.2) is 0 Å². The van der Waals surface area contributed by atoms with E-state index in [1.165, 1.54) is 30.0 Å². The SMILES string of the molecule is CC(C)(C)N1CCN(c2cc(Cc3nncc4c3CCCC4)ccc2F)C1=O. The van der Waals surface area contributed by atoms with E-state index in [9.17, 15) is 9.18 Å². The Morgan fingerprint density at radius 2 is 1.93 bits per heavy atom. The van der Waals surface area contributed by atoms with Crippen LogP contribution in [0.15, 0.2) is 24.4 Å². The normalized spacial score (nSPS) is 17.2. The molecule has 0 N–H and O–H groups in total. The lowest BCUT2D eigenvalue weighted by Crippen LogP contribution is -2.44. The number of hydrogen-bond donors (Lipinski definition) is 0. The molecule has 2 heterocycles. The van der Waals surface area contributed by atoms with Crippen LogP contribution in [0.4, 0.5) is 14.9 Å². The molecule has 1 saturated heterocycles. The molecule has 0 atom stereocenters. The highest BCUT2D eigenvalue weighted by Crippen LogP contribution is 2.30. The number of benzene rings is 1. The molecule has 6 heteroatoms. The average Bonchev–Trinajstić information content (AvgIpc) is 3.05. The number of urea groups is 1. The minimum Gasteiger partial charge on any atom is -0.318 e. The van der Waals surface area contributed by atoms with Gasteiger partial charge in [-0.3, -0.25) is 4.90 Å². The Labute approximate surface area is 165 Å². The summed E-state index contributed by atoms with van der Waals surface area (Å²) in [5.74, 6) is -0.367. The first kappa shape index (κ1) is 18.8. The lowest BCUT2D eigenvalue weighted by atomic mass is 9.90. The Balaban J connectivity index is 1.61. The summed E-state index contributed by atoms with van der Waals surface area (Å²) in [5.41, 5.74) is 4.58. The van der Waals surface area contributed by atoms with Crippen molar-refractivity contribution in [1.29, 1.82) is 0 Å². The van der Waals surface area contributed by atoms with Gasteiger partial charge in [0.2, 0.25) is 0 Å². The zero-order chi connectivity index (χ0) is 19.9. The highest BCUT2D eigenvalue weighted by atomic mass is 19.1. The van der Waals surface area contributed by atoms with Crippen LogP contribution in [0.2, 0.25) is 0 Å². The molecular formula is C22H27FN4O. The molecule has 5 nitrogen and oxygen atoms in total. The third-order valence-electron chi connectivity index (χ3n) is 5.74. The van der Waals surface area contributed by atoms with E-state index in [1.54, 1.807) is 21.9 Å². The summed E-state index contributed by atoms with van der Waals surface area (Å²) < 4.78 is 14.6. The molecule has 0 bridgehead atoms. The van der Waals surface area contributed by atoms with Crippen molar-refractivity contribution in [1.82, 2.24) is 15.1 Å². The molecule has 2 aliphatic rings. The summed E-state index contributed by atoms with van der Waals surface area (Å²) in [6.45, 7) is 7.09. The van der Waals surface area contributed by atoms with Crippen molar-refractivity contribution in [2.45, 2.75) is 58.4 Å². The Morgan fingerprint density at radius 1 is 1.14 bits per heavy atom. The van der Waals surface area contributed by atoms with Crippen molar-refractivity contribution in [3.8, 4) is 0 Å². The number of fused-ring (bicyclic) bond motifs is 1. The summed E-state index contributed by atoms with van der Waals surface area (Å²) in [5, 5.41) is 8.53. The maximum atomic E-state index is 14.6. The molecule has 1 fully saturated rings. The summed E-state index contributed by atoms with van der Waals surface area (Å²) in [4.78, 5) is 16.2. The number of carbonyl (C=O) groups excluding carboxylic acids is 1. The van der Waals surface area contributed by atoms with Crippen LogP contribution in [0.1, 0.15) is 56.0 Å². The van der Waals surface area contributed by atoms with Crippen molar-refractivity contribution >= 4 is 11.7 Å². The van der Waals surface area contributed by atoms with E-state index < -0.39 is 0 Å². The first-order chi connectivity index (χ1) is 13.3.